The molecule has 2 rings (SSSR count). The van der Waals surface area contributed by atoms with Crippen LogP contribution in [0.15, 0.2) is 17.5 Å². The molecule has 0 spiro atoms. The summed E-state index contributed by atoms with van der Waals surface area (Å²) in [5, 5.41) is 1.88. The minimum absolute atomic E-state index is 0.0486. The molecular weight excluding hydrogens is 316 g/mol. The molecule has 0 radical (unpaired) electrons. The molecule has 1 aromatic heterocycles. The van der Waals surface area contributed by atoms with E-state index < -0.39 is 0 Å². The Hall–Kier alpha value is -1.89. The van der Waals surface area contributed by atoms with Gasteiger partial charge in [0, 0.05) is 39.0 Å². The van der Waals surface area contributed by atoms with Crippen LogP contribution in [0.4, 0.5) is 4.79 Å². The van der Waals surface area contributed by atoms with Gasteiger partial charge < -0.3 is 14.5 Å². The molecule has 1 aromatic rings. The predicted octanol–water partition coefficient (Wildman–Crippen LogP) is 2.40. The first kappa shape index (κ1) is 17.5. The van der Waals surface area contributed by atoms with Gasteiger partial charge in [0.15, 0.2) is 5.78 Å². The molecule has 6 nitrogen and oxygen atoms in total. The number of ether oxygens (including phenoxy) is 1. The van der Waals surface area contributed by atoms with Crippen molar-refractivity contribution in [3.63, 3.8) is 0 Å². The summed E-state index contributed by atoms with van der Waals surface area (Å²) in [4.78, 5) is 39.7. The van der Waals surface area contributed by atoms with Gasteiger partial charge in [0.25, 0.3) is 0 Å². The zero-order valence-corrected chi connectivity index (χ0v) is 14.1. The molecule has 0 bridgehead atoms. The molecule has 2 amide bonds. The van der Waals surface area contributed by atoms with Crippen molar-refractivity contribution >= 4 is 29.1 Å². The van der Waals surface area contributed by atoms with Crippen LogP contribution >= 0.6 is 11.3 Å². The molecule has 0 saturated carbocycles. The Morgan fingerprint density at radius 3 is 2.43 bits per heavy atom. The van der Waals surface area contributed by atoms with E-state index in [0.717, 1.165) is 4.88 Å². The average Bonchev–Trinajstić information content (AvgIpc) is 3.09. The van der Waals surface area contributed by atoms with Crippen molar-refractivity contribution in [2.45, 2.75) is 26.2 Å². The van der Waals surface area contributed by atoms with Gasteiger partial charge >= 0.3 is 6.09 Å². The number of hydrogen-bond acceptors (Lipinski definition) is 5. The van der Waals surface area contributed by atoms with Crippen molar-refractivity contribution in [2.24, 2.45) is 0 Å². The van der Waals surface area contributed by atoms with E-state index in [2.05, 4.69) is 0 Å². The van der Waals surface area contributed by atoms with Crippen LogP contribution in [0.3, 0.4) is 0 Å². The molecule has 1 aliphatic rings. The normalized spacial score (nSPS) is 14.7. The SMILES string of the molecule is CCOC(=O)N1CCN(C(=O)CCCC(=O)c2cccs2)CC1. The van der Waals surface area contributed by atoms with E-state index in [1.54, 1.807) is 16.7 Å². The Bertz CT molecular complexity index is 536. The van der Waals surface area contributed by atoms with Gasteiger partial charge in [0.05, 0.1) is 11.5 Å². The number of piperazine rings is 1. The molecule has 0 aromatic carbocycles. The first-order valence-electron chi connectivity index (χ1n) is 7.88. The third kappa shape index (κ3) is 5.06. The van der Waals surface area contributed by atoms with Gasteiger partial charge in [-0.25, -0.2) is 4.79 Å². The molecular formula is C16H22N2O4S. The average molecular weight is 338 g/mol. The second-order valence-corrected chi connectivity index (χ2v) is 6.27. The van der Waals surface area contributed by atoms with E-state index in [1.807, 2.05) is 17.5 Å². The Morgan fingerprint density at radius 2 is 1.83 bits per heavy atom. The maximum Gasteiger partial charge on any atom is 0.409 e. The zero-order chi connectivity index (χ0) is 16.7. The summed E-state index contributed by atoms with van der Waals surface area (Å²) >= 11 is 1.43. The van der Waals surface area contributed by atoms with Gasteiger partial charge in [-0.1, -0.05) is 6.07 Å². The minimum atomic E-state index is -0.318. The number of carbonyl (C=O) groups is 3. The van der Waals surface area contributed by atoms with E-state index >= 15 is 0 Å². The van der Waals surface area contributed by atoms with E-state index in [0.29, 0.717) is 52.0 Å². The number of rotatable bonds is 6. The summed E-state index contributed by atoms with van der Waals surface area (Å²) in [5.41, 5.74) is 0. The van der Waals surface area contributed by atoms with Gasteiger partial charge in [0.2, 0.25) is 5.91 Å². The van der Waals surface area contributed by atoms with Crippen LogP contribution in [0.25, 0.3) is 0 Å². The van der Waals surface area contributed by atoms with E-state index in [1.165, 1.54) is 11.3 Å². The summed E-state index contributed by atoms with van der Waals surface area (Å²) in [5.74, 6) is 0.146. The van der Waals surface area contributed by atoms with E-state index in [4.69, 9.17) is 4.74 Å². The van der Waals surface area contributed by atoms with Crippen LogP contribution in [0, 0.1) is 0 Å². The van der Waals surface area contributed by atoms with E-state index in [-0.39, 0.29) is 17.8 Å². The van der Waals surface area contributed by atoms with Gasteiger partial charge in [0.1, 0.15) is 0 Å². The molecule has 126 valence electrons. The second-order valence-electron chi connectivity index (χ2n) is 5.32. The third-order valence-corrected chi connectivity index (χ3v) is 4.66. The lowest BCUT2D eigenvalue weighted by Crippen LogP contribution is -2.50. The fourth-order valence-corrected chi connectivity index (χ4v) is 3.17. The largest absolute Gasteiger partial charge is 0.450 e. The highest BCUT2D eigenvalue weighted by Crippen LogP contribution is 2.14. The number of carbonyl (C=O) groups excluding carboxylic acids is 3. The van der Waals surface area contributed by atoms with Crippen LogP contribution in [-0.2, 0) is 9.53 Å². The first-order valence-corrected chi connectivity index (χ1v) is 8.76. The molecule has 1 aliphatic heterocycles. The number of Topliss-reactive ketones (excluding diaryl/α,β-unsaturated/α-hetero) is 1. The molecule has 23 heavy (non-hydrogen) atoms. The van der Waals surface area contributed by atoms with Crippen LogP contribution in [0.5, 0.6) is 0 Å². The number of hydrogen-bond donors (Lipinski definition) is 0. The van der Waals surface area contributed by atoms with Crippen LogP contribution < -0.4 is 0 Å². The summed E-state index contributed by atoms with van der Waals surface area (Å²) < 4.78 is 4.95. The maximum absolute atomic E-state index is 12.2. The smallest absolute Gasteiger partial charge is 0.409 e. The summed E-state index contributed by atoms with van der Waals surface area (Å²) in [6, 6.07) is 3.66. The van der Waals surface area contributed by atoms with Gasteiger partial charge in [-0.05, 0) is 24.8 Å². The number of nitrogens with zero attached hydrogens (tertiary/aromatic N) is 2. The molecule has 1 saturated heterocycles. The number of amides is 2. The van der Waals surface area contributed by atoms with Crippen molar-refractivity contribution in [1.82, 2.24) is 9.80 Å². The van der Waals surface area contributed by atoms with Gasteiger partial charge in [-0.3, -0.25) is 9.59 Å². The first-order chi connectivity index (χ1) is 11.1. The third-order valence-electron chi connectivity index (χ3n) is 3.75. The topological polar surface area (TPSA) is 66.9 Å². The molecule has 0 aliphatic carbocycles. The predicted molar refractivity (Wildman–Crippen MR) is 87.7 cm³/mol. The highest BCUT2D eigenvalue weighted by molar-refractivity contribution is 7.12. The lowest BCUT2D eigenvalue weighted by atomic mass is 10.1. The highest BCUT2D eigenvalue weighted by Gasteiger charge is 2.24. The summed E-state index contributed by atoms with van der Waals surface area (Å²) in [6.07, 6.45) is 1.01. The Labute approximate surface area is 140 Å². The van der Waals surface area contributed by atoms with Crippen molar-refractivity contribution in [3.05, 3.63) is 22.4 Å². The van der Waals surface area contributed by atoms with Crippen LogP contribution in [0.1, 0.15) is 35.9 Å². The quantitative estimate of drug-likeness (QED) is 0.747. The summed E-state index contributed by atoms with van der Waals surface area (Å²) in [6.45, 7) is 4.18. The molecule has 7 heteroatoms. The van der Waals surface area contributed by atoms with Crippen molar-refractivity contribution in [1.29, 1.82) is 0 Å². The Morgan fingerprint density at radius 1 is 1.13 bits per heavy atom. The second kappa shape index (κ2) is 8.67. The minimum Gasteiger partial charge on any atom is -0.450 e. The lowest BCUT2D eigenvalue weighted by molar-refractivity contribution is -0.132. The fourth-order valence-electron chi connectivity index (χ4n) is 2.47. The summed E-state index contributed by atoms with van der Waals surface area (Å²) in [7, 11) is 0. The van der Waals surface area contributed by atoms with Crippen molar-refractivity contribution < 1.29 is 19.1 Å². The molecule has 0 unspecified atom stereocenters. The molecule has 0 atom stereocenters. The highest BCUT2D eigenvalue weighted by atomic mass is 32.1. The Kier molecular flexibility index (Phi) is 6.58. The van der Waals surface area contributed by atoms with Crippen molar-refractivity contribution in [3.8, 4) is 0 Å². The maximum atomic E-state index is 12.2. The van der Waals surface area contributed by atoms with Crippen LogP contribution in [0.2, 0.25) is 0 Å². The molecule has 2 heterocycles. The molecule has 0 N–H and O–H groups in total. The van der Waals surface area contributed by atoms with Gasteiger partial charge in [-0.2, -0.15) is 0 Å². The number of thiophene rings is 1. The van der Waals surface area contributed by atoms with Crippen molar-refractivity contribution in [2.75, 3.05) is 32.8 Å². The van der Waals surface area contributed by atoms with Crippen LogP contribution in [-0.4, -0.2) is 60.4 Å². The fraction of sp³-hybridized carbons (Fsp3) is 0.562. The lowest BCUT2D eigenvalue weighted by Gasteiger charge is -2.34. The molecule has 1 fully saturated rings. The number of ketones is 1. The Balaban J connectivity index is 1.67. The van der Waals surface area contributed by atoms with E-state index in [9.17, 15) is 14.4 Å². The monoisotopic (exact) mass is 338 g/mol. The van der Waals surface area contributed by atoms with Gasteiger partial charge in [-0.15, -0.1) is 11.3 Å². The zero-order valence-electron chi connectivity index (χ0n) is 13.3. The standard InChI is InChI=1S/C16H22N2O4S/c1-2-22-16(21)18-10-8-17(9-11-18)15(20)7-3-5-13(19)14-6-4-12-23-14/h4,6,12H,2-3,5,7-11H2,1H3.